The Morgan fingerprint density at radius 3 is 2.96 bits per heavy atom. The van der Waals surface area contributed by atoms with Gasteiger partial charge in [0.1, 0.15) is 0 Å². The molecule has 1 saturated heterocycles. The highest BCUT2D eigenvalue weighted by Gasteiger charge is 2.26. The molecule has 2 heterocycles. The van der Waals surface area contributed by atoms with Crippen LogP contribution >= 0.6 is 23.1 Å². The van der Waals surface area contributed by atoms with Gasteiger partial charge in [-0.05, 0) is 30.9 Å². The van der Waals surface area contributed by atoms with Gasteiger partial charge in [-0.2, -0.15) is 0 Å². The van der Waals surface area contributed by atoms with E-state index in [0.29, 0.717) is 11.7 Å². The van der Waals surface area contributed by atoms with Gasteiger partial charge in [-0.1, -0.05) is 42.2 Å². The molecule has 0 bridgehead atoms. The quantitative estimate of drug-likeness (QED) is 0.768. The number of carbonyl (C=O) groups is 2. The molecule has 0 radical (unpaired) electrons. The molecular formula is C18H22N2O3S2. The third-order valence-corrected chi connectivity index (χ3v) is 6.05. The van der Waals surface area contributed by atoms with Gasteiger partial charge in [-0.15, -0.1) is 0 Å². The number of nitrogens with zero attached hydrogens (tertiary/aromatic N) is 2. The number of carbonyl (C=O) groups excluding carboxylic acids is 2. The Morgan fingerprint density at radius 1 is 1.44 bits per heavy atom. The number of anilines is 1. The third kappa shape index (κ3) is 4.40. The van der Waals surface area contributed by atoms with Crippen molar-refractivity contribution >= 4 is 49.5 Å². The van der Waals surface area contributed by atoms with E-state index in [1.54, 1.807) is 4.90 Å². The first-order valence-electron chi connectivity index (χ1n) is 8.52. The predicted octanol–water partition coefficient (Wildman–Crippen LogP) is 3.65. The first-order chi connectivity index (χ1) is 12.1. The average Bonchev–Trinajstić information content (AvgIpc) is 3.26. The van der Waals surface area contributed by atoms with E-state index in [1.807, 2.05) is 12.1 Å². The number of aryl methyl sites for hydroxylation is 1. The number of aromatic nitrogens is 1. The van der Waals surface area contributed by atoms with Gasteiger partial charge >= 0.3 is 0 Å². The highest BCUT2D eigenvalue weighted by atomic mass is 32.2. The number of thiazole rings is 1. The van der Waals surface area contributed by atoms with Gasteiger partial charge in [-0.3, -0.25) is 14.5 Å². The van der Waals surface area contributed by atoms with Gasteiger partial charge in [0, 0.05) is 13.5 Å². The Kier molecular flexibility index (Phi) is 6.09. The van der Waals surface area contributed by atoms with Crippen LogP contribution in [0.4, 0.5) is 5.13 Å². The van der Waals surface area contributed by atoms with Gasteiger partial charge in [0.05, 0.1) is 28.6 Å². The summed E-state index contributed by atoms with van der Waals surface area (Å²) >= 11 is 2.57. The maximum atomic E-state index is 12.7. The fourth-order valence-corrected chi connectivity index (χ4v) is 4.44. The van der Waals surface area contributed by atoms with Crippen molar-refractivity contribution in [1.29, 1.82) is 0 Å². The lowest BCUT2D eigenvalue weighted by molar-refractivity contribution is -0.117. The summed E-state index contributed by atoms with van der Waals surface area (Å²) in [6, 6.07) is 6.14. The summed E-state index contributed by atoms with van der Waals surface area (Å²) in [4.78, 5) is 30.4. The number of thioether (sulfide) groups is 1. The molecular weight excluding hydrogens is 356 g/mol. The Balaban J connectivity index is 1.89. The second kappa shape index (κ2) is 8.29. The number of para-hydroxylation sites is 1. The number of ether oxygens (including phenoxy) is 1. The second-order valence-corrected chi connectivity index (χ2v) is 8.19. The van der Waals surface area contributed by atoms with E-state index in [2.05, 4.69) is 13.0 Å². The van der Waals surface area contributed by atoms with E-state index in [0.717, 1.165) is 47.8 Å². The minimum atomic E-state index is -0.0900. The monoisotopic (exact) mass is 378 g/mol. The molecule has 0 spiro atoms. The molecule has 2 aromatic rings. The Morgan fingerprint density at radius 2 is 2.28 bits per heavy atom. The van der Waals surface area contributed by atoms with Crippen molar-refractivity contribution in [1.82, 2.24) is 4.98 Å². The van der Waals surface area contributed by atoms with Gasteiger partial charge in [0.15, 0.2) is 10.2 Å². The van der Waals surface area contributed by atoms with Crippen LogP contribution in [0.1, 0.15) is 32.3 Å². The lowest BCUT2D eigenvalue weighted by Crippen LogP contribution is -2.38. The lowest BCUT2D eigenvalue weighted by atomic mass is 10.1. The molecule has 0 N–H and O–H groups in total. The van der Waals surface area contributed by atoms with E-state index in [1.165, 1.54) is 23.8 Å². The molecule has 25 heavy (non-hydrogen) atoms. The summed E-state index contributed by atoms with van der Waals surface area (Å²) in [6.45, 7) is 4.83. The number of hydrogen-bond acceptors (Lipinski definition) is 6. The number of fused-ring (bicyclic) bond motifs is 1. The minimum absolute atomic E-state index is 0.0453. The molecule has 1 aliphatic rings. The Bertz CT molecular complexity index is 769. The van der Waals surface area contributed by atoms with Crippen LogP contribution in [0.25, 0.3) is 10.2 Å². The summed E-state index contributed by atoms with van der Waals surface area (Å²) < 4.78 is 6.79. The maximum Gasteiger partial charge on any atom is 0.239 e. The SMILES string of the molecule is CCc1cccc2sc(N(CC3CCCO3)C(=O)CSC(C)=O)nc12. The summed E-state index contributed by atoms with van der Waals surface area (Å²) in [6.07, 6.45) is 2.92. The molecule has 1 amide bonds. The molecule has 5 nitrogen and oxygen atoms in total. The van der Waals surface area contributed by atoms with Crippen LogP contribution in [-0.4, -0.2) is 41.0 Å². The first-order valence-corrected chi connectivity index (χ1v) is 10.3. The zero-order valence-corrected chi connectivity index (χ0v) is 16.1. The first kappa shape index (κ1) is 18.4. The smallest absolute Gasteiger partial charge is 0.239 e. The highest BCUT2D eigenvalue weighted by Crippen LogP contribution is 2.32. The van der Waals surface area contributed by atoms with Gasteiger partial charge in [0.2, 0.25) is 5.91 Å². The molecule has 1 unspecified atom stereocenters. The molecule has 1 aliphatic heterocycles. The fourth-order valence-electron chi connectivity index (χ4n) is 2.91. The number of amides is 1. The third-order valence-electron chi connectivity index (χ3n) is 4.21. The minimum Gasteiger partial charge on any atom is -0.376 e. The highest BCUT2D eigenvalue weighted by molar-refractivity contribution is 8.14. The molecule has 134 valence electrons. The van der Waals surface area contributed by atoms with Gasteiger partial charge in [-0.25, -0.2) is 4.98 Å². The standard InChI is InChI=1S/C18H22N2O3S2/c1-3-13-6-4-8-15-17(13)19-18(25-15)20(10-14-7-5-9-23-14)16(22)11-24-12(2)21/h4,6,8,14H,3,5,7,9-11H2,1-2H3. The van der Waals surface area contributed by atoms with Crippen LogP contribution in [0, 0.1) is 0 Å². The summed E-state index contributed by atoms with van der Waals surface area (Å²) in [7, 11) is 0. The number of rotatable bonds is 6. The summed E-state index contributed by atoms with van der Waals surface area (Å²) in [5.41, 5.74) is 2.15. The molecule has 3 rings (SSSR count). The number of benzene rings is 1. The largest absolute Gasteiger partial charge is 0.376 e. The molecule has 1 fully saturated rings. The topological polar surface area (TPSA) is 59.5 Å². The van der Waals surface area contributed by atoms with E-state index in [-0.39, 0.29) is 22.9 Å². The zero-order chi connectivity index (χ0) is 17.8. The molecule has 7 heteroatoms. The molecule has 1 atom stereocenters. The lowest BCUT2D eigenvalue weighted by Gasteiger charge is -2.22. The predicted molar refractivity (Wildman–Crippen MR) is 103 cm³/mol. The van der Waals surface area contributed by atoms with Gasteiger partial charge < -0.3 is 4.74 Å². The average molecular weight is 379 g/mol. The van der Waals surface area contributed by atoms with Crippen LogP contribution in [0.5, 0.6) is 0 Å². The van der Waals surface area contributed by atoms with Crippen molar-refractivity contribution in [3.63, 3.8) is 0 Å². The zero-order valence-electron chi connectivity index (χ0n) is 14.5. The van der Waals surface area contributed by atoms with Crippen LogP contribution in [0.15, 0.2) is 18.2 Å². The molecule has 0 aliphatic carbocycles. The maximum absolute atomic E-state index is 12.7. The van der Waals surface area contributed by atoms with Crippen LogP contribution in [0.2, 0.25) is 0 Å². The van der Waals surface area contributed by atoms with Gasteiger partial charge in [0.25, 0.3) is 0 Å². The summed E-state index contributed by atoms with van der Waals surface area (Å²) in [5, 5.41) is 0.642. The van der Waals surface area contributed by atoms with Crippen LogP contribution in [-0.2, 0) is 20.7 Å². The van der Waals surface area contributed by atoms with E-state index < -0.39 is 0 Å². The summed E-state index contributed by atoms with van der Waals surface area (Å²) in [5.74, 6) is 0.0475. The normalized spacial score (nSPS) is 17.1. The molecule has 0 saturated carbocycles. The Labute approximate surface area is 155 Å². The van der Waals surface area contributed by atoms with Crippen molar-refractivity contribution in [3.05, 3.63) is 23.8 Å². The van der Waals surface area contributed by atoms with E-state index in [9.17, 15) is 9.59 Å². The molecule has 1 aromatic carbocycles. The van der Waals surface area contributed by atoms with Crippen molar-refractivity contribution in [2.24, 2.45) is 0 Å². The second-order valence-electron chi connectivity index (χ2n) is 6.03. The molecule has 1 aromatic heterocycles. The number of hydrogen-bond donors (Lipinski definition) is 0. The van der Waals surface area contributed by atoms with E-state index in [4.69, 9.17) is 9.72 Å². The van der Waals surface area contributed by atoms with Crippen molar-refractivity contribution in [2.45, 2.75) is 39.2 Å². The van der Waals surface area contributed by atoms with Crippen LogP contribution < -0.4 is 4.90 Å². The Hall–Kier alpha value is -1.44. The van der Waals surface area contributed by atoms with E-state index >= 15 is 0 Å². The van der Waals surface area contributed by atoms with Crippen molar-refractivity contribution < 1.29 is 14.3 Å². The van der Waals surface area contributed by atoms with Crippen LogP contribution in [0.3, 0.4) is 0 Å². The van der Waals surface area contributed by atoms with Crippen molar-refractivity contribution in [3.8, 4) is 0 Å². The van der Waals surface area contributed by atoms with Crippen molar-refractivity contribution in [2.75, 3.05) is 23.8 Å². The fraction of sp³-hybridized carbons (Fsp3) is 0.500.